The Morgan fingerprint density at radius 2 is 1.15 bits per heavy atom. The zero-order valence-electron chi connectivity index (χ0n) is 78.6. The smallest absolute Gasteiger partial charge is 0.413 e. The molecule has 39 heteroatoms. The van der Waals surface area contributed by atoms with Crippen molar-refractivity contribution in [3.63, 3.8) is 0 Å². The lowest BCUT2D eigenvalue weighted by molar-refractivity contribution is -0.385. The minimum Gasteiger partial charge on any atom is -0.448 e. The normalized spacial score (nSPS) is 24.9. The molecule has 2 amide bonds. The number of benzene rings is 7. The minimum atomic E-state index is -1.13. The summed E-state index contributed by atoms with van der Waals surface area (Å²) in [6, 6.07) is 45.9. The van der Waals surface area contributed by atoms with Crippen molar-refractivity contribution in [2.45, 2.75) is 111 Å². The summed E-state index contributed by atoms with van der Waals surface area (Å²) in [5, 5.41) is 54.1. The molecule has 0 bridgehead atoms. The maximum absolute atomic E-state index is 14.8. The molecule has 11 aliphatic rings. The average Bonchev–Trinajstić information content (AvgIpc) is 0.941. The maximum Gasteiger partial charge on any atom is 0.413 e. The first-order chi connectivity index (χ1) is 67.7. The van der Waals surface area contributed by atoms with Crippen molar-refractivity contribution >= 4 is 87.3 Å². The number of non-ortho nitro benzene ring substituents is 1. The molecule has 756 valence electrons. The molecule has 31 nitrogen and oxygen atoms in total. The van der Waals surface area contributed by atoms with E-state index in [9.17, 15) is 56.7 Å². The number of rotatable bonds is 21. The van der Waals surface area contributed by atoms with Crippen LogP contribution < -0.4 is 32.9 Å². The van der Waals surface area contributed by atoms with E-state index in [-0.39, 0.29) is 115 Å². The number of nitrogens with two attached hydrogens (primary N) is 2. The van der Waals surface area contributed by atoms with Crippen LogP contribution in [0.25, 0.3) is 11.1 Å². The number of amides is 2. The number of carbonyl (C=O) groups excluding carboxylic acids is 3. The number of hydroxylamine groups is 1. The number of fused-ring (bicyclic) bond motifs is 7. The molecule has 1 unspecified atom stereocenters. The van der Waals surface area contributed by atoms with Gasteiger partial charge in [-0.25, -0.2) is 41.5 Å². The number of nitrogens with one attached hydrogen (secondary N) is 4. The van der Waals surface area contributed by atoms with Gasteiger partial charge in [0, 0.05) is 146 Å². The Kier molecular flexibility index (Phi) is 42.4. The Morgan fingerprint density at radius 1 is 0.629 bits per heavy atom. The first-order valence-corrected chi connectivity index (χ1v) is 48.7. The molecule has 0 radical (unpaired) electrons. The van der Waals surface area contributed by atoms with E-state index in [1.54, 1.807) is 105 Å². The van der Waals surface area contributed by atoms with Crippen LogP contribution in [0.3, 0.4) is 0 Å². The fourth-order valence-corrected chi connectivity index (χ4v) is 20.6. The third kappa shape index (κ3) is 28.7. The summed E-state index contributed by atoms with van der Waals surface area (Å²) >= 11 is 8.31. The van der Waals surface area contributed by atoms with Gasteiger partial charge in [-0.05, 0) is 137 Å². The molecule has 7 fully saturated rings. The number of thiocarbonyl (C=S) groups is 1. The van der Waals surface area contributed by atoms with Gasteiger partial charge in [0.15, 0.2) is 15.4 Å². The van der Waals surface area contributed by atoms with Crippen LogP contribution in [0, 0.1) is 74.7 Å². The molecular formula is C101H124F5N11O20S3. The van der Waals surface area contributed by atoms with Gasteiger partial charge in [0.1, 0.15) is 71.9 Å². The van der Waals surface area contributed by atoms with Crippen LogP contribution in [-0.4, -0.2) is 222 Å². The second-order valence-electron chi connectivity index (χ2n) is 35.3. The van der Waals surface area contributed by atoms with Crippen LogP contribution in [0.5, 0.6) is 0 Å². The monoisotopic (exact) mass is 2000 g/mol. The molecule has 7 aromatic carbocycles. The fraction of sp³-hybridized carbons (Fsp3) is 0.465. The predicted molar refractivity (Wildman–Crippen MR) is 526 cm³/mol. The van der Waals surface area contributed by atoms with Gasteiger partial charge in [-0.15, -0.1) is 13.2 Å². The van der Waals surface area contributed by atoms with E-state index in [2.05, 4.69) is 67.0 Å². The summed E-state index contributed by atoms with van der Waals surface area (Å²) in [5.41, 5.74) is 17.5. The van der Waals surface area contributed by atoms with Crippen LogP contribution in [0.2, 0.25) is 0 Å². The number of nitro groups is 1. The van der Waals surface area contributed by atoms with E-state index in [0.717, 1.165) is 111 Å². The van der Waals surface area contributed by atoms with E-state index >= 15 is 0 Å². The van der Waals surface area contributed by atoms with Gasteiger partial charge < -0.3 is 94.0 Å². The van der Waals surface area contributed by atoms with Crippen molar-refractivity contribution in [2.24, 2.45) is 67.3 Å². The van der Waals surface area contributed by atoms with Crippen molar-refractivity contribution in [2.75, 3.05) is 150 Å². The summed E-state index contributed by atoms with van der Waals surface area (Å²) in [5.74, 6) is 0.119. The Hall–Kier alpha value is -10.6. The number of halogens is 5. The van der Waals surface area contributed by atoms with E-state index in [4.69, 9.17) is 85.9 Å². The predicted octanol–water partition coefficient (Wildman–Crippen LogP) is 15.0. The summed E-state index contributed by atoms with van der Waals surface area (Å²) in [6.45, 7) is 21.2. The van der Waals surface area contributed by atoms with Gasteiger partial charge in [-0.3, -0.25) is 20.7 Å². The average molecular weight is 2000 g/mol. The van der Waals surface area contributed by atoms with Gasteiger partial charge in [0.05, 0.1) is 99.5 Å². The number of aliphatic hydroxyl groups excluding tert-OH is 2. The Labute approximate surface area is 825 Å². The SMILES string of the molecule is C1CC2CON=C2CO1.C=CCCOCC=NO.C=CCCOCC=O.CC(C)(C)OC(=O)NC1=N[C@@]2(c3cc([N+](=O)[O-])ccc3F)COCC[C@H]2CS1.Fc1ccccc1[C@]12COCC[C@H]1CON2.NC1=N[C@@]2(c3ccccc3F)COCC[C@H]2CS1.N[C@@]1(c2ccccc2F)COCC[C@H]1CO.O=C(NC(=S)N[C@@]1(c2ccccc2F)COCC[C@H]1CO)OCC1c2ccccc2-c2ccccc21. The van der Waals surface area contributed by atoms with Crippen LogP contribution in [-0.2, 0) is 89.5 Å². The van der Waals surface area contributed by atoms with Crippen molar-refractivity contribution in [3.8, 4) is 11.1 Å². The lowest BCUT2D eigenvalue weighted by atomic mass is 9.75. The van der Waals surface area contributed by atoms with E-state index in [0.29, 0.717) is 130 Å². The van der Waals surface area contributed by atoms with Gasteiger partial charge in [0.25, 0.3) is 5.69 Å². The Balaban J connectivity index is 0.000000161. The highest BCUT2D eigenvalue weighted by atomic mass is 32.2. The van der Waals surface area contributed by atoms with E-state index < -0.39 is 62.0 Å². The number of carbonyl (C=O) groups is 3. The maximum atomic E-state index is 14.8. The molecule has 0 saturated carbocycles. The summed E-state index contributed by atoms with van der Waals surface area (Å²) < 4.78 is 125. The molecule has 0 spiro atoms. The number of hydrogen-bond acceptors (Lipinski definition) is 30. The molecule has 7 aromatic rings. The van der Waals surface area contributed by atoms with Crippen molar-refractivity contribution in [3.05, 3.63) is 267 Å². The molecule has 18 rings (SSSR count). The number of alkyl carbamates (subject to hydrolysis) is 2. The van der Waals surface area contributed by atoms with Crippen molar-refractivity contribution in [1.82, 2.24) is 21.4 Å². The molecule has 140 heavy (non-hydrogen) atoms. The standard InChI is InChI=1S/C28H27FN2O4S.C18H22FN3O5S.C13H15FN2OS.C12H14FNO2.C12H16FNO2.C6H9NO2.C6H11NO2.C6H10O2/c29-25-12-6-5-11-24(25)28(17-34-14-13-18(28)15-32)31-26(36)30-27(33)35-16-23-21-9-3-1-7-19(21)20-8-2-4-10-22(20)23;1-17(2,3)27-16(23)20-15-21-18(10-26-7-6-11(18)9-28-15)13-8-12(22(24)25)4-5-14(13)19;14-11-4-2-1-3-10(11)13-8-17-6-5-9(13)7-18-12(15)16-13;13-11-4-2-1-3-10(11)12-8-15-6-5-9(12)7-16-14-12;13-11-4-2-1-3-10(11)12(14)8-16-6-5-9(12)7-15;1-2-8-4-6-5(1)3-9-7-6;1-2-3-5-9-6-4-7-8;1-2-3-5-8-6-4-7/h1-12,18,23,32H,13-17H2,(H2,30,31,33,36);4-5,8,11H,6-7,9-10H2,1-3H3,(H,20,21,23);1-4,9H,5-8H2,(H2,15,16);1-4,9,14H,5-8H2;1-4,9,15H,5-8,14H2;5H,1-4H2;2,4,8H,1,3,5-6H2;2,4H,1,3,5-6H2/t18-,28-;11-,18-;9-,13-;2*9-,12-;;;/m00000.../s1. The van der Waals surface area contributed by atoms with E-state index in [1.807, 2.05) is 48.5 Å². The summed E-state index contributed by atoms with van der Waals surface area (Å²) in [6.07, 6.45) is 10.5. The van der Waals surface area contributed by atoms with Gasteiger partial charge in [-0.2, -0.15) is 5.48 Å². The van der Waals surface area contributed by atoms with E-state index in [1.165, 1.54) is 48.3 Å². The number of aliphatic imine (C=N–C) groups is 2. The van der Waals surface area contributed by atoms with Gasteiger partial charge in [-0.1, -0.05) is 167 Å². The highest BCUT2D eigenvalue weighted by molar-refractivity contribution is 8.14. The molecule has 1 aliphatic carbocycles. The molecule has 11 N–H and O–H groups in total. The number of nitro benzene ring substituents is 1. The molecule has 10 heterocycles. The van der Waals surface area contributed by atoms with Crippen LogP contribution >= 0.6 is 35.7 Å². The molecule has 7 saturated heterocycles. The Bertz CT molecular complexity index is 5350. The summed E-state index contributed by atoms with van der Waals surface area (Å²) in [4.78, 5) is 64.5. The number of nitrogens with zero attached hydrogens (tertiary/aromatic N) is 5. The van der Waals surface area contributed by atoms with Crippen LogP contribution in [0.15, 0.2) is 209 Å². The second kappa shape index (κ2) is 54.0. The van der Waals surface area contributed by atoms with Crippen molar-refractivity contribution in [1.29, 1.82) is 0 Å². The quantitative estimate of drug-likeness (QED) is 0.00371. The highest BCUT2D eigenvalue weighted by Gasteiger charge is 2.53. The number of ether oxygens (including phenoxy) is 10. The van der Waals surface area contributed by atoms with Gasteiger partial charge in [0.2, 0.25) is 0 Å². The lowest BCUT2D eigenvalue weighted by Crippen LogP contribution is -2.60. The fourth-order valence-electron chi connectivity index (χ4n) is 18.1. The number of aldehydes is 1. The number of oxime groups is 2. The number of amidine groups is 2. The topological polar surface area (TPSA) is 415 Å². The highest BCUT2D eigenvalue weighted by Crippen LogP contribution is 2.50. The number of aliphatic hydroxyl groups is 2. The first-order valence-electron chi connectivity index (χ1n) is 46.3. The number of hydrogen-bond donors (Lipinski definition) is 9. The summed E-state index contributed by atoms with van der Waals surface area (Å²) in [7, 11) is 0. The largest absolute Gasteiger partial charge is 0.448 e. The number of thioether (sulfide) groups is 2. The zero-order valence-corrected chi connectivity index (χ0v) is 81.0. The molecule has 10 aliphatic heterocycles. The van der Waals surface area contributed by atoms with Gasteiger partial charge >= 0.3 is 12.2 Å². The van der Waals surface area contributed by atoms with Crippen LogP contribution in [0.4, 0.5) is 37.2 Å². The Morgan fingerprint density at radius 3 is 1.74 bits per heavy atom. The minimum absolute atomic E-state index is 0.0283. The van der Waals surface area contributed by atoms with Crippen molar-refractivity contribution < 1.29 is 114 Å². The third-order valence-electron chi connectivity index (χ3n) is 25.4. The molecular weight excluding hydrogens is 1880 g/mol. The lowest BCUT2D eigenvalue weighted by Gasteiger charge is -2.44. The molecule has 0 aromatic heterocycles. The van der Waals surface area contributed by atoms with Crippen LogP contribution in [0.1, 0.15) is 117 Å². The molecule has 11 atom stereocenters. The first kappa shape index (κ1) is 110. The zero-order chi connectivity index (χ0) is 100. The second-order valence-corrected chi connectivity index (χ2v) is 37.8. The third-order valence-corrected chi connectivity index (χ3v) is 27.5.